The van der Waals surface area contributed by atoms with Crippen LogP contribution < -0.4 is 9.47 Å². The van der Waals surface area contributed by atoms with Gasteiger partial charge in [-0.15, -0.1) is 17.3 Å². The van der Waals surface area contributed by atoms with Crippen LogP contribution in [0.3, 0.4) is 0 Å². The Labute approximate surface area is 257 Å². The molecule has 0 bridgehead atoms. The maximum Gasteiger partial charge on any atom is 0.307 e. The van der Waals surface area contributed by atoms with E-state index in [1.165, 1.54) is 27.6 Å². The van der Waals surface area contributed by atoms with Crippen LogP contribution in [0.2, 0.25) is 0 Å². The normalized spacial score (nSPS) is 15.3. The predicted molar refractivity (Wildman–Crippen MR) is 173 cm³/mol. The zero-order valence-electron chi connectivity index (χ0n) is 24.9. The van der Waals surface area contributed by atoms with Crippen LogP contribution in [-0.4, -0.2) is 39.1 Å². The second-order valence-electron chi connectivity index (χ2n) is 10.9. The zero-order chi connectivity index (χ0) is 30.6. The molecule has 1 saturated heterocycles. The fourth-order valence-corrected chi connectivity index (χ4v) is 8.01. The molecule has 2 heterocycles. The first kappa shape index (κ1) is 30.7. The molecule has 1 aromatic heterocycles. The Morgan fingerprint density at radius 3 is 2.40 bits per heavy atom. The lowest BCUT2D eigenvalue weighted by molar-refractivity contribution is -0.140. The Morgan fingerprint density at radius 2 is 1.72 bits per heavy atom. The standard InChI is InChI=1S/C35H36O6S2/c1-5-6-27(21-34(36)39-4)26-8-10-28(11-9-26)40-22-25-7-14-33-32(20-25)35(24(3)42-33)31-13-12-30(19-23(31)2)41-29-15-17-43(37,38)18-16-29/h7-14,19-20,27,29H,15-18,21-22H2,1-4H3. The summed E-state index contributed by atoms with van der Waals surface area (Å²) < 4.78 is 41.9. The molecule has 1 unspecified atom stereocenters. The maximum atomic E-state index is 11.8. The van der Waals surface area contributed by atoms with Gasteiger partial charge < -0.3 is 14.2 Å². The fourth-order valence-electron chi connectivity index (χ4n) is 5.50. The Kier molecular flexibility index (Phi) is 9.43. The van der Waals surface area contributed by atoms with Gasteiger partial charge in [-0.2, -0.15) is 0 Å². The molecule has 6 nitrogen and oxygen atoms in total. The van der Waals surface area contributed by atoms with Crippen LogP contribution in [0.15, 0.2) is 60.7 Å². The van der Waals surface area contributed by atoms with Crippen LogP contribution in [0.4, 0.5) is 0 Å². The average Bonchev–Trinajstić information content (AvgIpc) is 3.32. The number of ether oxygens (including phenoxy) is 3. The number of aryl methyl sites for hydroxylation is 2. The van der Waals surface area contributed by atoms with E-state index in [1.54, 1.807) is 18.3 Å². The van der Waals surface area contributed by atoms with Gasteiger partial charge in [-0.25, -0.2) is 8.42 Å². The zero-order valence-corrected chi connectivity index (χ0v) is 26.6. The van der Waals surface area contributed by atoms with Gasteiger partial charge in [0.1, 0.15) is 24.2 Å². The van der Waals surface area contributed by atoms with Crippen LogP contribution in [0.1, 0.15) is 53.7 Å². The minimum absolute atomic E-state index is 0.0671. The number of methoxy groups -OCH3 is 1. The van der Waals surface area contributed by atoms with Crippen molar-refractivity contribution in [2.45, 2.75) is 58.7 Å². The first-order valence-electron chi connectivity index (χ1n) is 14.4. The third kappa shape index (κ3) is 7.41. The number of thiophene rings is 1. The SMILES string of the molecule is CC#CC(CC(=O)OC)c1ccc(OCc2ccc3sc(C)c(-c4ccc(OC5CCS(=O)(=O)CC5)cc4C)c3c2)cc1. The van der Waals surface area contributed by atoms with E-state index in [9.17, 15) is 13.2 Å². The Bertz CT molecular complexity index is 1780. The molecule has 1 aliphatic heterocycles. The van der Waals surface area contributed by atoms with E-state index < -0.39 is 9.84 Å². The van der Waals surface area contributed by atoms with E-state index in [2.05, 4.69) is 56.0 Å². The van der Waals surface area contributed by atoms with Crippen molar-refractivity contribution in [3.63, 3.8) is 0 Å². The van der Waals surface area contributed by atoms with E-state index in [-0.39, 0.29) is 35.9 Å². The summed E-state index contributed by atoms with van der Waals surface area (Å²) >= 11 is 1.78. The van der Waals surface area contributed by atoms with Crippen LogP contribution in [0.5, 0.6) is 11.5 Å². The number of benzene rings is 3. The molecule has 3 aromatic carbocycles. The smallest absolute Gasteiger partial charge is 0.307 e. The Balaban J connectivity index is 1.30. The summed E-state index contributed by atoms with van der Waals surface area (Å²) in [7, 11) is -1.53. The molecule has 0 amide bonds. The van der Waals surface area contributed by atoms with Gasteiger partial charge >= 0.3 is 5.97 Å². The number of carbonyl (C=O) groups is 1. The number of fused-ring (bicyclic) bond motifs is 1. The van der Waals surface area contributed by atoms with Gasteiger partial charge in [0.2, 0.25) is 0 Å². The second-order valence-corrected chi connectivity index (χ2v) is 14.5. The highest BCUT2D eigenvalue weighted by atomic mass is 32.2. The van der Waals surface area contributed by atoms with E-state index in [0.717, 1.165) is 33.8 Å². The van der Waals surface area contributed by atoms with Crippen molar-refractivity contribution in [3.8, 4) is 34.5 Å². The second kappa shape index (κ2) is 13.2. The van der Waals surface area contributed by atoms with Gasteiger partial charge in [0.05, 0.1) is 31.0 Å². The quantitative estimate of drug-likeness (QED) is 0.144. The summed E-state index contributed by atoms with van der Waals surface area (Å²) in [6.07, 6.45) is 1.22. The van der Waals surface area contributed by atoms with Gasteiger partial charge in [0.15, 0.2) is 9.84 Å². The molecule has 0 saturated carbocycles. The van der Waals surface area contributed by atoms with Crippen LogP contribution >= 0.6 is 11.3 Å². The Morgan fingerprint density at radius 1 is 1.00 bits per heavy atom. The minimum Gasteiger partial charge on any atom is -0.490 e. The lowest BCUT2D eigenvalue weighted by atomic mass is 9.96. The molecule has 43 heavy (non-hydrogen) atoms. The molecule has 224 valence electrons. The van der Waals surface area contributed by atoms with Crippen LogP contribution in [-0.2, 0) is 26.0 Å². The first-order chi connectivity index (χ1) is 20.7. The molecule has 0 spiro atoms. The van der Waals surface area contributed by atoms with E-state index in [1.807, 2.05) is 30.3 Å². The average molecular weight is 617 g/mol. The van der Waals surface area contributed by atoms with Crippen LogP contribution in [0, 0.1) is 25.7 Å². The van der Waals surface area contributed by atoms with Gasteiger partial charge in [0.25, 0.3) is 0 Å². The molecule has 0 aliphatic carbocycles. The number of hydrogen-bond acceptors (Lipinski definition) is 7. The Hall–Kier alpha value is -3.80. The summed E-state index contributed by atoms with van der Waals surface area (Å²) in [5.41, 5.74) is 5.51. The number of esters is 1. The molecular weight excluding hydrogens is 581 g/mol. The van der Waals surface area contributed by atoms with Gasteiger partial charge in [0, 0.05) is 20.5 Å². The largest absolute Gasteiger partial charge is 0.490 e. The molecule has 0 radical (unpaired) electrons. The number of sulfone groups is 1. The topological polar surface area (TPSA) is 78.9 Å². The molecule has 8 heteroatoms. The van der Waals surface area contributed by atoms with Crippen molar-refractivity contribution in [1.82, 2.24) is 0 Å². The molecule has 1 atom stereocenters. The van der Waals surface area contributed by atoms with Crippen molar-refractivity contribution in [1.29, 1.82) is 0 Å². The van der Waals surface area contributed by atoms with E-state index in [4.69, 9.17) is 14.2 Å². The highest BCUT2D eigenvalue weighted by molar-refractivity contribution is 7.91. The van der Waals surface area contributed by atoms with Crippen LogP contribution in [0.25, 0.3) is 21.2 Å². The summed E-state index contributed by atoms with van der Waals surface area (Å²) in [5.74, 6) is 7.39. The maximum absolute atomic E-state index is 11.8. The fraction of sp³-hybridized carbons (Fsp3) is 0.343. The predicted octanol–water partition coefficient (Wildman–Crippen LogP) is 7.39. The van der Waals surface area contributed by atoms with E-state index >= 15 is 0 Å². The third-order valence-electron chi connectivity index (χ3n) is 7.81. The van der Waals surface area contributed by atoms with Gasteiger partial charge in [-0.1, -0.05) is 30.2 Å². The molecule has 4 aromatic rings. The number of rotatable bonds is 9. The van der Waals surface area contributed by atoms with Crippen molar-refractivity contribution >= 4 is 37.2 Å². The van der Waals surface area contributed by atoms with Crippen molar-refractivity contribution in [3.05, 3.63) is 82.2 Å². The minimum atomic E-state index is -2.92. The van der Waals surface area contributed by atoms with Crippen molar-refractivity contribution in [2.75, 3.05) is 18.6 Å². The summed E-state index contributed by atoms with van der Waals surface area (Å²) in [4.78, 5) is 13.0. The molecule has 5 rings (SSSR count). The highest BCUT2D eigenvalue weighted by Crippen LogP contribution is 2.41. The van der Waals surface area contributed by atoms with Gasteiger partial charge in [-0.3, -0.25) is 4.79 Å². The lowest BCUT2D eigenvalue weighted by Crippen LogP contribution is -2.30. The molecule has 0 N–H and O–H groups in total. The van der Waals surface area contributed by atoms with Gasteiger partial charge in [-0.05, 0) is 92.3 Å². The molecule has 1 fully saturated rings. The summed E-state index contributed by atoms with van der Waals surface area (Å²) in [6, 6.07) is 20.3. The first-order valence-corrected chi connectivity index (χ1v) is 17.0. The lowest BCUT2D eigenvalue weighted by Gasteiger charge is -2.23. The van der Waals surface area contributed by atoms with Crippen molar-refractivity contribution in [2.24, 2.45) is 0 Å². The summed E-state index contributed by atoms with van der Waals surface area (Å²) in [5, 5.41) is 1.19. The highest BCUT2D eigenvalue weighted by Gasteiger charge is 2.25. The summed E-state index contributed by atoms with van der Waals surface area (Å²) in [6.45, 7) is 6.43. The third-order valence-corrected chi connectivity index (χ3v) is 10.6. The van der Waals surface area contributed by atoms with E-state index in [0.29, 0.717) is 19.4 Å². The number of carbonyl (C=O) groups excluding carboxylic acids is 1. The molecule has 1 aliphatic rings. The number of hydrogen-bond donors (Lipinski definition) is 0. The molecular formula is C35H36O6S2. The van der Waals surface area contributed by atoms with Crippen molar-refractivity contribution < 1.29 is 27.4 Å². The monoisotopic (exact) mass is 616 g/mol.